The Morgan fingerprint density at radius 2 is 1.72 bits per heavy atom. The summed E-state index contributed by atoms with van der Waals surface area (Å²) in [6.07, 6.45) is 1.45. The number of nitrogens with two attached hydrogens (primary N) is 1. The number of thiol groups is 2. The third-order valence-electron chi connectivity index (χ3n) is 8.50. The number of hydrogen-bond donors (Lipinski definition) is 4. The van der Waals surface area contributed by atoms with Gasteiger partial charge in [-0.05, 0) is 12.3 Å². The molecule has 2 aliphatic heterocycles. The van der Waals surface area contributed by atoms with Crippen LogP contribution in [0.4, 0.5) is 10.2 Å². The van der Waals surface area contributed by atoms with Crippen molar-refractivity contribution in [1.29, 1.82) is 0 Å². The number of fused-ring (bicyclic) bond motifs is 5. The molecule has 0 aromatic carbocycles. The summed E-state index contributed by atoms with van der Waals surface area (Å²) in [4.78, 5) is 25.2. The van der Waals surface area contributed by atoms with Crippen molar-refractivity contribution < 1.29 is 41.5 Å². The molecule has 8 rings (SSSR count). The normalized spacial score (nSPS) is 35.7. The minimum atomic E-state index is -4.18. The first-order valence-electron chi connectivity index (χ1n) is 13.9. The summed E-state index contributed by atoms with van der Waals surface area (Å²) in [7, 11) is 0. The fraction of sp³-hybridized carbons (Fsp3) is 0.478. The molecule has 0 unspecified atom stereocenters. The first kappa shape index (κ1) is 30.5. The summed E-state index contributed by atoms with van der Waals surface area (Å²) in [6.45, 7) is -8.95. The van der Waals surface area contributed by atoms with Gasteiger partial charge in [0.1, 0.15) is 24.1 Å². The van der Waals surface area contributed by atoms with E-state index in [0.29, 0.717) is 12.1 Å². The lowest BCUT2D eigenvalue weighted by Crippen LogP contribution is -2.43. The van der Waals surface area contributed by atoms with E-state index in [4.69, 9.17) is 28.6 Å². The number of aromatic hydroxyl groups is 1. The molecule has 1 saturated carbocycles. The van der Waals surface area contributed by atoms with E-state index in [-0.39, 0.29) is 65.2 Å². The van der Waals surface area contributed by atoms with Gasteiger partial charge in [-0.1, -0.05) is 24.5 Å². The van der Waals surface area contributed by atoms with Gasteiger partial charge in [0.05, 0.1) is 32.5 Å². The Labute approximate surface area is 268 Å². The zero-order valence-electron chi connectivity index (χ0n) is 23.3. The molecule has 5 aromatic heterocycles. The number of rotatable bonds is 2. The Morgan fingerprint density at radius 3 is 2.57 bits per heavy atom. The summed E-state index contributed by atoms with van der Waals surface area (Å²) in [5.41, 5.74) is 6.93. The molecule has 46 heavy (non-hydrogen) atoms. The molecule has 3 N–H and O–H groups in total. The van der Waals surface area contributed by atoms with Crippen LogP contribution in [0.5, 0.6) is 5.88 Å². The van der Waals surface area contributed by atoms with Crippen LogP contribution in [-0.4, -0.2) is 86.7 Å². The van der Waals surface area contributed by atoms with Gasteiger partial charge in [-0.25, -0.2) is 38.4 Å². The zero-order valence-corrected chi connectivity index (χ0v) is 26.9. The standard InChI is InChI=1S/C23H25FN10O8P2S2/c24-14-17-13(41-22(14)34-9-29-15-18(25)27-7-28-19(15)34)6-40-43(36,45)39-5-11-10(4-38-44(37,46)42-17)3-12(11)33-8-30-16-20(33)31-23-26-1-2-32(23)21(16)35/h1-2,7-14,17,22,35H,3-6H2,(H,36,45)(H,37,46)(H2,25,27,28)/t10-,11-,12-,13-,14-,17-,22-,43-,44+/m1/s1. The first-order chi connectivity index (χ1) is 22.0. The minimum absolute atomic E-state index is 0.0863. The highest BCUT2D eigenvalue weighted by Gasteiger charge is 2.52. The highest BCUT2D eigenvalue weighted by atomic mass is 32.7. The van der Waals surface area contributed by atoms with E-state index >= 15 is 4.39 Å². The highest BCUT2D eigenvalue weighted by Crippen LogP contribution is 2.60. The molecule has 3 aliphatic rings. The fourth-order valence-corrected chi connectivity index (χ4v) is 8.85. The van der Waals surface area contributed by atoms with Crippen LogP contribution in [0.15, 0.2) is 31.4 Å². The molecule has 1 aliphatic carbocycles. The van der Waals surface area contributed by atoms with Gasteiger partial charge < -0.3 is 29.2 Å². The highest BCUT2D eigenvalue weighted by molar-refractivity contribution is 8.44. The van der Waals surface area contributed by atoms with Crippen LogP contribution in [0.3, 0.4) is 0 Å². The molecule has 2 saturated heterocycles. The number of nitrogens with zero attached hydrogens (tertiary/aromatic N) is 9. The number of ether oxygens (including phenoxy) is 1. The second-order valence-electron chi connectivity index (χ2n) is 11.1. The van der Waals surface area contributed by atoms with Gasteiger partial charge in [0.25, 0.3) is 0 Å². The predicted molar refractivity (Wildman–Crippen MR) is 163 cm³/mol. The van der Waals surface area contributed by atoms with Crippen LogP contribution < -0.4 is 5.73 Å². The van der Waals surface area contributed by atoms with E-state index in [2.05, 4.69) is 54.4 Å². The second kappa shape index (κ2) is 11.1. The third-order valence-corrected chi connectivity index (χ3v) is 11.8. The lowest BCUT2D eigenvalue weighted by molar-refractivity contribution is -0.0408. The Bertz CT molecular complexity index is 2080. The maximum Gasteiger partial charge on any atom is 0.386 e. The molecule has 23 heteroatoms. The summed E-state index contributed by atoms with van der Waals surface area (Å²) < 4.78 is 75.7. The molecule has 0 spiro atoms. The number of aromatic nitrogens is 9. The number of imidazole rings is 3. The van der Waals surface area contributed by atoms with Gasteiger partial charge in [-0.15, -0.1) is 0 Å². The number of alkyl halides is 1. The Hall–Kier alpha value is -2.87. The predicted octanol–water partition coefficient (Wildman–Crippen LogP) is 3.14. The number of nitrogen functional groups attached to an aromatic ring is 1. The zero-order chi connectivity index (χ0) is 32.0. The molecule has 7 heterocycles. The van der Waals surface area contributed by atoms with E-state index in [9.17, 15) is 14.2 Å². The average Bonchev–Trinajstić information content (AvgIpc) is 3.79. The minimum Gasteiger partial charge on any atom is -0.493 e. The monoisotopic (exact) mass is 714 g/mol. The van der Waals surface area contributed by atoms with E-state index in [1.807, 2.05) is 0 Å². The van der Waals surface area contributed by atoms with Gasteiger partial charge in [0.2, 0.25) is 11.7 Å². The van der Waals surface area contributed by atoms with E-state index < -0.39 is 44.8 Å². The Morgan fingerprint density at radius 1 is 0.957 bits per heavy atom. The lowest BCUT2D eigenvalue weighted by Gasteiger charge is -2.45. The maximum atomic E-state index is 16.1. The van der Waals surface area contributed by atoms with Crippen molar-refractivity contribution >= 4 is 72.0 Å². The second-order valence-corrected chi connectivity index (χ2v) is 16.9. The molecule has 5 aromatic rings. The summed E-state index contributed by atoms with van der Waals surface area (Å²) in [5, 5.41) is 10.7. The fourth-order valence-electron chi connectivity index (χ4n) is 6.15. The van der Waals surface area contributed by atoms with E-state index in [0.717, 1.165) is 0 Å². The van der Waals surface area contributed by atoms with Gasteiger partial charge in [-0.3, -0.25) is 18.0 Å². The Balaban J connectivity index is 1.06. The quantitative estimate of drug-likeness (QED) is 0.153. The van der Waals surface area contributed by atoms with Crippen molar-refractivity contribution in [3.05, 3.63) is 31.4 Å². The van der Waals surface area contributed by atoms with E-state index in [1.54, 1.807) is 10.8 Å². The molecule has 0 amide bonds. The molecule has 3 fully saturated rings. The number of halogens is 1. The smallest absolute Gasteiger partial charge is 0.386 e. The van der Waals surface area contributed by atoms with E-state index in [1.165, 1.54) is 34.1 Å². The summed E-state index contributed by atoms with van der Waals surface area (Å²) in [6, 6.07) is -0.303. The van der Waals surface area contributed by atoms with Crippen LogP contribution >= 0.6 is 38.1 Å². The number of anilines is 1. The van der Waals surface area contributed by atoms with Crippen LogP contribution in [0.2, 0.25) is 0 Å². The van der Waals surface area contributed by atoms with Crippen molar-refractivity contribution in [2.24, 2.45) is 11.8 Å². The molecule has 18 nitrogen and oxygen atoms in total. The molecule has 0 bridgehead atoms. The van der Waals surface area contributed by atoms with Crippen molar-refractivity contribution in [1.82, 2.24) is 43.4 Å². The maximum absolute atomic E-state index is 16.1. The molecule has 9 atom stereocenters. The molecule has 244 valence electrons. The van der Waals surface area contributed by atoms with Crippen LogP contribution in [0.1, 0.15) is 18.7 Å². The van der Waals surface area contributed by atoms with Crippen molar-refractivity contribution in [2.45, 2.75) is 37.1 Å². The largest absolute Gasteiger partial charge is 0.493 e. The number of hydrogen-bond acceptors (Lipinski definition) is 15. The van der Waals surface area contributed by atoms with Crippen LogP contribution in [0.25, 0.3) is 28.1 Å². The van der Waals surface area contributed by atoms with Crippen LogP contribution in [-0.2, 0) is 32.0 Å². The average molecular weight is 715 g/mol. The van der Waals surface area contributed by atoms with Gasteiger partial charge >= 0.3 is 13.6 Å². The first-order valence-corrected chi connectivity index (χ1v) is 19.3. The SMILES string of the molecule is Nc1ncnc2c1ncn2[C@@H]1O[C@@H]2CO[P@](=O)(S)OC[C@@H]3[C@@H](CO[P@](=O)(S)O[C@H]2[C@H]1F)C[C@H]3n1cnc2c(O)n3ccnc3nc21. The molecular weight excluding hydrogens is 689 g/mol. The Kier molecular flexibility index (Phi) is 7.35. The topological polar surface area (TPSA) is 218 Å². The third kappa shape index (κ3) is 5.09. The van der Waals surface area contributed by atoms with Crippen molar-refractivity contribution in [3.8, 4) is 5.88 Å². The summed E-state index contributed by atoms with van der Waals surface area (Å²) >= 11 is 8.27. The van der Waals surface area contributed by atoms with Crippen LogP contribution in [0, 0.1) is 11.8 Å². The molecular formula is C23H25FN10O8P2S2. The van der Waals surface area contributed by atoms with Gasteiger partial charge in [0.15, 0.2) is 35.0 Å². The lowest BCUT2D eigenvalue weighted by atomic mass is 9.70. The summed E-state index contributed by atoms with van der Waals surface area (Å²) in [5.74, 6) is -0.436. The molecule has 0 radical (unpaired) electrons. The van der Waals surface area contributed by atoms with Gasteiger partial charge in [-0.2, -0.15) is 4.98 Å². The van der Waals surface area contributed by atoms with Crippen molar-refractivity contribution in [3.63, 3.8) is 0 Å². The van der Waals surface area contributed by atoms with Crippen molar-refractivity contribution in [2.75, 3.05) is 25.6 Å². The van der Waals surface area contributed by atoms with Gasteiger partial charge in [0, 0.05) is 24.4 Å².